The summed E-state index contributed by atoms with van der Waals surface area (Å²) < 4.78 is 5.41. The molecule has 2 amide bonds. The molecule has 3 aromatic rings. The van der Waals surface area contributed by atoms with Gasteiger partial charge in [-0.05, 0) is 36.5 Å². The predicted molar refractivity (Wildman–Crippen MR) is 144 cm³/mol. The summed E-state index contributed by atoms with van der Waals surface area (Å²) in [5.74, 6) is -0.777. The van der Waals surface area contributed by atoms with Crippen LogP contribution in [-0.4, -0.2) is 46.9 Å². The Morgan fingerprint density at radius 3 is 2.27 bits per heavy atom. The highest BCUT2D eigenvalue weighted by Gasteiger charge is 2.50. The van der Waals surface area contributed by atoms with Crippen molar-refractivity contribution >= 4 is 28.5 Å². The van der Waals surface area contributed by atoms with E-state index in [0.717, 1.165) is 28.5 Å². The largest absolute Gasteiger partial charge is 0.361 e. The van der Waals surface area contributed by atoms with Crippen LogP contribution in [0.25, 0.3) is 10.9 Å². The maximum Gasteiger partial charge on any atom is 0.243 e. The van der Waals surface area contributed by atoms with Crippen LogP contribution in [0.4, 0.5) is 0 Å². The van der Waals surface area contributed by atoms with Crippen LogP contribution in [0, 0.1) is 11.8 Å². The van der Waals surface area contributed by atoms with Crippen molar-refractivity contribution in [1.82, 2.24) is 15.6 Å². The first-order chi connectivity index (χ1) is 17.7. The van der Waals surface area contributed by atoms with Crippen molar-refractivity contribution in [3.05, 3.63) is 71.9 Å². The first kappa shape index (κ1) is 26.6. The van der Waals surface area contributed by atoms with Crippen LogP contribution in [0.15, 0.2) is 60.8 Å². The van der Waals surface area contributed by atoms with E-state index in [2.05, 4.69) is 15.6 Å². The minimum absolute atomic E-state index is 0.158. The maximum atomic E-state index is 13.7. The number of amides is 2. The number of aromatic nitrogens is 1. The van der Waals surface area contributed by atoms with E-state index in [1.54, 1.807) is 6.92 Å². The lowest BCUT2D eigenvalue weighted by molar-refractivity contribution is -0.134. The Kier molecular flexibility index (Phi) is 8.13. The lowest BCUT2D eigenvalue weighted by Gasteiger charge is -2.26. The fourth-order valence-corrected chi connectivity index (χ4v) is 4.60. The molecular formula is C30H37N3O4. The van der Waals surface area contributed by atoms with Crippen molar-refractivity contribution in [2.45, 2.75) is 64.6 Å². The van der Waals surface area contributed by atoms with Gasteiger partial charge in [-0.2, -0.15) is 0 Å². The second-order valence-electron chi connectivity index (χ2n) is 10.4. The van der Waals surface area contributed by atoms with E-state index >= 15 is 0 Å². The van der Waals surface area contributed by atoms with E-state index in [4.69, 9.17) is 4.74 Å². The third-order valence-electron chi connectivity index (χ3n) is 7.66. The zero-order valence-electron chi connectivity index (χ0n) is 22.0. The van der Waals surface area contributed by atoms with Gasteiger partial charge in [0.1, 0.15) is 11.6 Å². The first-order valence-corrected chi connectivity index (χ1v) is 13.1. The van der Waals surface area contributed by atoms with Gasteiger partial charge in [-0.25, -0.2) is 0 Å². The number of benzene rings is 2. The molecule has 7 nitrogen and oxygen atoms in total. The minimum atomic E-state index is -0.882. The van der Waals surface area contributed by atoms with E-state index in [9.17, 15) is 14.4 Å². The highest BCUT2D eigenvalue weighted by atomic mass is 16.6. The van der Waals surface area contributed by atoms with Crippen molar-refractivity contribution < 1.29 is 19.1 Å². The molecule has 5 atom stereocenters. The standard InChI is InChI=1S/C30H37N3O4/c1-5-19(2)20(3)28(35)33-26(16-22-17-31-24-14-10-9-13-23(22)24)29(36)32-25(27(34)30(4)18-37-30)15-21-11-7-6-8-12-21/h6-14,17,19-20,25-26,31H,5,15-16,18H2,1-4H3,(H,32,36)(H,33,35)/t19-,20+,25-,26-,30+/m0/s1. The molecule has 4 rings (SSSR count). The summed E-state index contributed by atoms with van der Waals surface area (Å²) in [5.41, 5.74) is 1.95. The Morgan fingerprint density at radius 1 is 0.946 bits per heavy atom. The van der Waals surface area contributed by atoms with Crippen LogP contribution in [0.3, 0.4) is 0 Å². The Morgan fingerprint density at radius 2 is 1.59 bits per heavy atom. The molecule has 196 valence electrons. The molecule has 1 aliphatic rings. The fourth-order valence-electron chi connectivity index (χ4n) is 4.60. The number of para-hydroxylation sites is 1. The molecule has 0 bridgehead atoms. The van der Waals surface area contributed by atoms with Gasteiger partial charge in [0.25, 0.3) is 0 Å². The number of hydrogen-bond donors (Lipinski definition) is 3. The molecule has 0 aliphatic carbocycles. The van der Waals surface area contributed by atoms with Gasteiger partial charge in [-0.15, -0.1) is 0 Å². The van der Waals surface area contributed by atoms with Gasteiger partial charge in [-0.3, -0.25) is 14.4 Å². The molecule has 1 fully saturated rings. The van der Waals surface area contributed by atoms with Crippen LogP contribution >= 0.6 is 0 Å². The average molecular weight is 504 g/mol. The number of ketones is 1. The van der Waals surface area contributed by atoms with Crippen LogP contribution in [0.5, 0.6) is 0 Å². The molecule has 7 heteroatoms. The summed E-state index contributed by atoms with van der Waals surface area (Å²) in [6.07, 6.45) is 3.39. The maximum absolute atomic E-state index is 13.7. The molecule has 0 saturated carbocycles. The minimum Gasteiger partial charge on any atom is -0.361 e. The number of hydrogen-bond acceptors (Lipinski definition) is 4. The first-order valence-electron chi connectivity index (χ1n) is 13.1. The fraction of sp³-hybridized carbons (Fsp3) is 0.433. The molecule has 1 aliphatic heterocycles. The van der Waals surface area contributed by atoms with E-state index < -0.39 is 17.7 Å². The number of carbonyl (C=O) groups excluding carboxylic acids is 3. The molecule has 0 spiro atoms. The number of epoxide rings is 1. The van der Waals surface area contributed by atoms with Crippen LogP contribution in [0.2, 0.25) is 0 Å². The summed E-state index contributed by atoms with van der Waals surface area (Å²) in [5, 5.41) is 6.96. The smallest absolute Gasteiger partial charge is 0.243 e. The average Bonchev–Trinajstić information content (AvgIpc) is 3.54. The Labute approximate surface area is 218 Å². The molecule has 1 aromatic heterocycles. The summed E-state index contributed by atoms with van der Waals surface area (Å²) in [6, 6.07) is 15.8. The van der Waals surface area contributed by atoms with Gasteiger partial charge in [-0.1, -0.05) is 75.7 Å². The Bertz CT molecular complexity index is 1250. The van der Waals surface area contributed by atoms with Crippen molar-refractivity contribution in [3.63, 3.8) is 0 Å². The zero-order chi connectivity index (χ0) is 26.6. The Balaban J connectivity index is 1.58. The number of carbonyl (C=O) groups is 3. The number of Topliss-reactive ketones (excluding diaryl/α,β-unsaturated/α-hetero) is 1. The number of fused-ring (bicyclic) bond motifs is 1. The second kappa shape index (κ2) is 11.3. The van der Waals surface area contributed by atoms with Crippen molar-refractivity contribution in [2.75, 3.05) is 6.61 Å². The van der Waals surface area contributed by atoms with Crippen LogP contribution in [-0.2, 0) is 32.0 Å². The van der Waals surface area contributed by atoms with Gasteiger partial charge in [0.05, 0.1) is 12.6 Å². The highest BCUT2D eigenvalue weighted by Crippen LogP contribution is 2.29. The van der Waals surface area contributed by atoms with E-state index in [1.807, 2.05) is 81.6 Å². The van der Waals surface area contributed by atoms with Crippen LogP contribution in [0.1, 0.15) is 45.2 Å². The lowest BCUT2D eigenvalue weighted by atomic mass is 9.92. The van der Waals surface area contributed by atoms with Crippen molar-refractivity contribution in [3.8, 4) is 0 Å². The van der Waals surface area contributed by atoms with Gasteiger partial charge in [0, 0.05) is 29.4 Å². The summed E-state index contributed by atoms with van der Waals surface area (Å²) in [7, 11) is 0. The molecule has 1 saturated heterocycles. The third kappa shape index (κ3) is 6.28. The number of nitrogens with one attached hydrogen (secondary N) is 3. The molecule has 0 radical (unpaired) electrons. The van der Waals surface area contributed by atoms with Crippen molar-refractivity contribution in [1.29, 1.82) is 0 Å². The zero-order valence-corrected chi connectivity index (χ0v) is 22.0. The third-order valence-corrected chi connectivity index (χ3v) is 7.66. The molecule has 2 heterocycles. The van der Waals surface area contributed by atoms with Crippen molar-refractivity contribution in [2.24, 2.45) is 11.8 Å². The summed E-state index contributed by atoms with van der Waals surface area (Å²) in [6.45, 7) is 8.05. The monoisotopic (exact) mass is 503 g/mol. The lowest BCUT2D eigenvalue weighted by Crippen LogP contribution is -2.55. The molecule has 0 unspecified atom stereocenters. The number of H-pyrrole nitrogens is 1. The Hall–Kier alpha value is -3.45. The molecule has 2 aromatic carbocycles. The molecular weight excluding hydrogens is 466 g/mol. The van der Waals surface area contributed by atoms with Crippen LogP contribution < -0.4 is 10.6 Å². The van der Waals surface area contributed by atoms with Gasteiger partial charge in [0.15, 0.2) is 5.78 Å². The topological polar surface area (TPSA) is 104 Å². The van der Waals surface area contributed by atoms with Gasteiger partial charge >= 0.3 is 0 Å². The SMILES string of the molecule is CC[C@H](C)[C@@H](C)C(=O)N[C@@H](Cc1c[nH]c2ccccc12)C(=O)N[C@@H](Cc1ccccc1)C(=O)[C@@]1(C)CO1. The number of ether oxygens (including phenoxy) is 1. The van der Waals surface area contributed by atoms with E-state index in [0.29, 0.717) is 19.4 Å². The van der Waals surface area contributed by atoms with Gasteiger partial charge < -0.3 is 20.4 Å². The van der Waals surface area contributed by atoms with E-state index in [-0.39, 0.29) is 29.4 Å². The number of aromatic amines is 1. The molecule has 37 heavy (non-hydrogen) atoms. The quantitative estimate of drug-likeness (QED) is 0.326. The normalized spacial score (nSPS) is 20.0. The van der Waals surface area contributed by atoms with E-state index in [1.165, 1.54) is 0 Å². The predicted octanol–water partition coefficient (Wildman–Crippen LogP) is 3.96. The second-order valence-corrected chi connectivity index (χ2v) is 10.4. The molecule has 3 N–H and O–H groups in total. The highest BCUT2D eigenvalue weighted by molar-refractivity contribution is 5.98. The van der Waals surface area contributed by atoms with Gasteiger partial charge in [0.2, 0.25) is 11.8 Å². The summed E-state index contributed by atoms with van der Waals surface area (Å²) in [4.78, 5) is 43.4. The summed E-state index contributed by atoms with van der Waals surface area (Å²) >= 11 is 0. The number of rotatable bonds is 12.